The number of hydrogen-bond acceptors (Lipinski definition) is 2. The molecule has 0 aliphatic carbocycles. The van der Waals surface area contributed by atoms with E-state index in [9.17, 15) is 0 Å². The maximum absolute atomic E-state index is 4.05. The molecule has 1 aliphatic rings. The molecule has 1 aromatic rings. The number of rotatable bonds is 1. The van der Waals surface area contributed by atoms with Crippen LogP contribution in [0.5, 0.6) is 0 Å². The molecular weight excluding hydrogens is 208 g/mol. The highest BCUT2D eigenvalue weighted by atomic mass is 35.5. The van der Waals surface area contributed by atoms with Crippen LogP contribution < -0.4 is 5.32 Å². The van der Waals surface area contributed by atoms with Gasteiger partial charge in [0.05, 0.1) is 0 Å². The van der Waals surface area contributed by atoms with E-state index in [1.54, 1.807) is 0 Å². The molecule has 2 atom stereocenters. The highest BCUT2D eigenvalue weighted by Crippen LogP contribution is 2.24. The Kier molecular flexibility index (Phi) is 5.06. The maximum Gasteiger partial charge on any atom is 0.0321 e. The van der Waals surface area contributed by atoms with Crippen molar-refractivity contribution in [3.05, 3.63) is 30.1 Å². The minimum Gasteiger partial charge on any atom is -0.310 e. The third kappa shape index (κ3) is 3.47. The maximum atomic E-state index is 4.05. The van der Waals surface area contributed by atoms with Gasteiger partial charge in [-0.3, -0.25) is 4.98 Å². The van der Waals surface area contributed by atoms with E-state index in [-0.39, 0.29) is 12.4 Å². The zero-order valence-electron chi connectivity index (χ0n) is 9.15. The van der Waals surface area contributed by atoms with Gasteiger partial charge < -0.3 is 5.32 Å². The SMILES string of the molecule is CC1CCNC(c2ccncc2)CC1.Cl. The van der Waals surface area contributed by atoms with Crippen LogP contribution in [0.2, 0.25) is 0 Å². The Bertz CT molecular complexity index is 276. The summed E-state index contributed by atoms with van der Waals surface area (Å²) in [5, 5.41) is 3.60. The Balaban J connectivity index is 0.00000112. The van der Waals surface area contributed by atoms with Crippen molar-refractivity contribution in [1.29, 1.82) is 0 Å². The lowest BCUT2D eigenvalue weighted by atomic mass is 9.98. The van der Waals surface area contributed by atoms with Gasteiger partial charge in [0, 0.05) is 18.4 Å². The van der Waals surface area contributed by atoms with Gasteiger partial charge in [-0.15, -0.1) is 12.4 Å². The average molecular weight is 227 g/mol. The molecule has 0 radical (unpaired) electrons. The van der Waals surface area contributed by atoms with Crippen LogP contribution in [-0.4, -0.2) is 11.5 Å². The fraction of sp³-hybridized carbons (Fsp3) is 0.583. The van der Waals surface area contributed by atoms with Crippen LogP contribution in [-0.2, 0) is 0 Å². The largest absolute Gasteiger partial charge is 0.310 e. The van der Waals surface area contributed by atoms with E-state index in [2.05, 4.69) is 29.4 Å². The third-order valence-electron chi connectivity index (χ3n) is 3.08. The average Bonchev–Trinajstić information content (AvgIpc) is 2.44. The second-order valence-corrected chi connectivity index (χ2v) is 4.26. The van der Waals surface area contributed by atoms with Gasteiger partial charge in [0.25, 0.3) is 0 Å². The van der Waals surface area contributed by atoms with Crippen molar-refractivity contribution in [3.63, 3.8) is 0 Å². The van der Waals surface area contributed by atoms with Gasteiger partial charge in [0.1, 0.15) is 0 Å². The second-order valence-electron chi connectivity index (χ2n) is 4.26. The van der Waals surface area contributed by atoms with Crippen LogP contribution in [0.15, 0.2) is 24.5 Å². The highest BCUT2D eigenvalue weighted by molar-refractivity contribution is 5.85. The van der Waals surface area contributed by atoms with Gasteiger partial charge in [-0.25, -0.2) is 0 Å². The summed E-state index contributed by atoms with van der Waals surface area (Å²) in [4.78, 5) is 4.05. The zero-order chi connectivity index (χ0) is 9.80. The van der Waals surface area contributed by atoms with Gasteiger partial charge in [0.15, 0.2) is 0 Å². The summed E-state index contributed by atoms with van der Waals surface area (Å²) < 4.78 is 0. The molecule has 0 amide bonds. The first-order valence-corrected chi connectivity index (χ1v) is 5.49. The zero-order valence-corrected chi connectivity index (χ0v) is 9.96. The van der Waals surface area contributed by atoms with Crippen LogP contribution >= 0.6 is 12.4 Å². The molecule has 1 saturated heterocycles. The van der Waals surface area contributed by atoms with Gasteiger partial charge in [-0.1, -0.05) is 6.92 Å². The molecular formula is C12H19ClN2. The molecule has 1 N–H and O–H groups in total. The summed E-state index contributed by atoms with van der Waals surface area (Å²) in [5.41, 5.74) is 1.38. The topological polar surface area (TPSA) is 24.9 Å². The molecule has 2 rings (SSSR count). The van der Waals surface area contributed by atoms with Gasteiger partial charge >= 0.3 is 0 Å². The van der Waals surface area contributed by atoms with Crippen LogP contribution in [0.25, 0.3) is 0 Å². The Morgan fingerprint density at radius 1 is 1.20 bits per heavy atom. The molecule has 0 bridgehead atoms. The second kappa shape index (κ2) is 6.09. The number of hydrogen-bond donors (Lipinski definition) is 1. The molecule has 3 heteroatoms. The van der Waals surface area contributed by atoms with Crippen molar-refractivity contribution in [1.82, 2.24) is 10.3 Å². The van der Waals surface area contributed by atoms with Crippen molar-refractivity contribution >= 4 is 12.4 Å². The van der Waals surface area contributed by atoms with Crippen molar-refractivity contribution in [3.8, 4) is 0 Å². The summed E-state index contributed by atoms with van der Waals surface area (Å²) >= 11 is 0. The molecule has 84 valence electrons. The molecule has 1 fully saturated rings. The molecule has 0 saturated carbocycles. The number of halogens is 1. The molecule has 2 unspecified atom stereocenters. The van der Waals surface area contributed by atoms with Gasteiger partial charge in [0.2, 0.25) is 0 Å². The van der Waals surface area contributed by atoms with E-state index >= 15 is 0 Å². The monoisotopic (exact) mass is 226 g/mol. The smallest absolute Gasteiger partial charge is 0.0321 e. The van der Waals surface area contributed by atoms with Gasteiger partial charge in [-0.05, 0) is 49.4 Å². The first kappa shape index (κ1) is 12.5. The van der Waals surface area contributed by atoms with Crippen molar-refractivity contribution in [2.24, 2.45) is 5.92 Å². The van der Waals surface area contributed by atoms with Crippen molar-refractivity contribution < 1.29 is 0 Å². The summed E-state index contributed by atoms with van der Waals surface area (Å²) in [6.07, 6.45) is 7.66. The molecule has 15 heavy (non-hydrogen) atoms. The minimum absolute atomic E-state index is 0. The van der Waals surface area contributed by atoms with E-state index < -0.39 is 0 Å². The Morgan fingerprint density at radius 2 is 1.93 bits per heavy atom. The molecule has 1 aromatic heterocycles. The number of nitrogens with zero attached hydrogens (tertiary/aromatic N) is 1. The normalized spacial score (nSPS) is 26.5. The Hall–Kier alpha value is -0.600. The van der Waals surface area contributed by atoms with E-state index in [0.717, 1.165) is 12.5 Å². The fourth-order valence-electron chi connectivity index (χ4n) is 2.08. The minimum atomic E-state index is 0. The van der Waals surface area contributed by atoms with E-state index in [4.69, 9.17) is 0 Å². The van der Waals surface area contributed by atoms with Crippen molar-refractivity contribution in [2.75, 3.05) is 6.54 Å². The predicted molar refractivity (Wildman–Crippen MR) is 65.2 cm³/mol. The lowest BCUT2D eigenvalue weighted by Crippen LogP contribution is -2.20. The van der Waals surface area contributed by atoms with Crippen LogP contribution in [0.4, 0.5) is 0 Å². The first-order chi connectivity index (χ1) is 6.86. The lowest BCUT2D eigenvalue weighted by Gasteiger charge is -2.15. The van der Waals surface area contributed by atoms with Crippen LogP contribution in [0.3, 0.4) is 0 Å². The summed E-state index contributed by atoms with van der Waals surface area (Å²) in [6.45, 7) is 3.49. The van der Waals surface area contributed by atoms with Crippen molar-refractivity contribution in [2.45, 2.75) is 32.2 Å². The number of pyridine rings is 1. The quantitative estimate of drug-likeness (QED) is 0.797. The lowest BCUT2D eigenvalue weighted by molar-refractivity contribution is 0.502. The number of nitrogens with one attached hydrogen (secondary N) is 1. The Labute approximate surface area is 97.9 Å². The third-order valence-corrected chi connectivity index (χ3v) is 3.08. The molecule has 2 heterocycles. The first-order valence-electron chi connectivity index (χ1n) is 5.49. The summed E-state index contributed by atoms with van der Waals surface area (Å²) in [7, 11) is 0. The highest BCUT2D eigenvalue weighted by Gasteiger charge is 2.16. The van der Waals surface area contributed by atoms with Crippen LogP contribution in [0, 0.1) is 5.92 Å². The molecule has 0 aromatic carbocycles. The predicted octanol–water partition coefficient (Wildman–Crippen LogP) is 2.95. The fourth-order valence-corrected chi connectivity index (χ4v) is 2.08. The van der Waals surface area contributed by atoms with Crippen LogP contribution in [0.1, 0.15) is 37.8 Å². The standard InChI is InChI=1S/C12H18N2.ClH/c1-10-2-3-12(14-9-4-10)11-5-7-13-8-6-11;/h5-8,10,12,14H,2-4,9H2,1H3;1H. The van der Waals surface area contributed by atoms with E-state index in [0.29, 0.717) is 6.04 Å². The molecule has 2 nitrogen and oxygen atoms in total. The molecule has 1 aliphatic heterocycles. The van der Waals surface area contributed by atoms with Gasteiger partial charge in [-0.2, -0.15) is 0 Å². The number of aromatic nitrogens is 1. The summed E-state index contributed by atoms with van der Waals surface area (Å²) in [5.74, 6) is 0.870. The van der Waals surface area contributed by atoms with E-state index in [1.165, 1.54) is 24.8 Å². The Morgan fingerprint density at radius 3 is 2.67 bits per heavy atom. The summed E-state index contributed by atoms with van der Waals surface area (Å²) in [6, 6.07) is 4.78. The van der Waals surface area contributed by atoms with E-state index in [1.807, 2.05) is 12.4 Å². The molecule has 0 spiro atoms.